The van der Waals surface area contributed by atoms with Crippen molar-refractivity contribution >= 4 is 5.91 Å². The predicted molar refractivity (Wildman–Crippen MR) is 322 cm³/mol. The average Bonchev–Trinajstić information content (AvgIpc) is 3.46. The summed E-state index contributed by atoms with van der Waals surface area (Å²) in [6.07, 6.45) is 56.3. The maximum atomic E-state index is 13.3. The van der Waals surface area contributed by atoms with E-state index in [9.17, 15) is 45.6 Å². The average molecular weight is 1120 g/mol. The number of aliphatic hydroxyl groups excluding tert-OH is 8. The van der Waals surface area contributed by atoms with Crippen molar-refractivity contribution in [2.75, 3.05) is 19.8 Å². The van der Waals surface area contributed by atoms with E-state index in [0.717, 1.165) is 103 Å². The quantitative estimate of drug-likeness (QED) is 0.0204. The van der Waals surface area contributed by atoms with E-state index < -0.39 is 86.8 Å². The van der Waals surface area contributed by atoms with Crippen molar-refractivity contribution < 1.29 is 64.6 Å². The Morgan fingerprint density at radius 3 is 1.38 bits per heavy atom. The summed E-state index contributed by atoms with van der Waals surface area (Å²) in [4.78, 5) is 13.3. The van der Waals surface area contributed by atoms with Gasteiger partial charge in [-0.1, -0.05) is 199 Å². The standard InChI is InChI=1S/C66H107NO13/c1-3-5-7-9-11-13-15-17-19-21-22-23-24-25-26-27-28-29-30-31-32-34-36-38-40-42-44-46-48-50-58(71)67-54(55(70)49-47-45-43-41-39-37-35-33-20-18-16-14-12-10-8-6-4-2)53-77-65-63(76)61(74)64(57(52-69)79-65)80-66-62(75)60(73)59(72)56(51-68)78-66/h5,7,11,13,17,19-20,22-23,25-26,28-29,31-33,36,38-39,41,47,49,54-57,59-66,68-70,72-76H,3-4,6,8-10,12,14-16,18,21,24,27,30,34-35,37,40,42-46,48,50-53H2,1-2H3,(H,67,71)/b7-5-,13-11-,19-17-,23-22-,26-25-,29-28-,32-31-,33-20+,38-36-,41-39+,49-47+. The van der Waals surface area contributed by atoms with E-state index >= 15 is 0 Å². The SMILES string of the molecule is CC/C=C\C/C=C\C/C=C\C/C=C\C/C=C\C/C=C\C/C=C\C/C=C\CCCCCCC(=O)NC(COC1OC(CO)C(OC2OC(CO)C(O)C(O)C2O)C(O)C1O)C(O)/C=C/CC/C=C/CC/C=C/CCCCCCCCC. The van der Waals surface area contributed by atoms with Crippen LogP contribution < -0.4 is 5.32 Å². The molecule has 1 amide bonds. The molecule has 12 unspecified atom stereocenters. The Kier molecular flexibility index (Phi) is 44.9. The molecular formula is C66H107NO13. The lowest BCUT2D eigenvalue weighted by molar-refractivity contribution is -0.359. The van der Waals surface area contributed by atoms with E-state index in [1.54, 1.807) is 6.08 Å². The monoisotopic (exact) mass is 1120 g/mol. The highest BCUT2D eigenvalue weighted by molar-refractivity contribution is 5.76. The number of hydrogen-bond acceptors (Lipinski definition) is 13. The van der Waals surface area contributed by atoms with Crippen molar-refractivity contribution in [2.24, 2.45) is 0 Å². The lowest BCUT2D eigenvalue weighted by Gasteiger charge is -2.46. The number of aliphatic hydroxyl groups is 8. The molecule has 80 heavy (non-hydrogen) atoms. The molecule has 12 atom stereocenters. The second kappa shape index (κ2) is 49.7. The summed E-state index contributed by atoms with van der Waals surface area (Å²) in [6.45, 7) is 2.61. The van der Waals surface area contributed by atoms with Crippen LogP contribution in [0.1, 0.15) is 181 Å². The minimum Gasteiger partial charge on any atom is -0.394 e. The summed E-state index contributed by atoms with van der Waals surface area (Å²) in [5.74, 6) is -0.285. The second-order valence-corrected chi connectivity index (χ2v) is 20.7. The minimum atomic E-state index is -1.80. The normalized spacial score (nSPS) is 25.2. The molecule has 0 aromatic carbocycles. The molecular weight excluding hydrogens is 1010 g/mol. The van der Waals surface area contributed by atoms with Gasteiger partial charge in [-0.2, -0.15) is 0 Å². The van der Waals surface area contributed by atoms with Crippen LogP contribution in [0.2, 0.25) is 0 Å². The predicted octanol–water partition coefficient (Wildman–Crippen LogP) is 10.8. The van der Waals surface area contributed by atoms with Crippen LogP contribution in [0.15, 0.2) is 134 Å². The van der Waals surface area contributed by atoms with Gasteiger partial charge in [0.2, 0.25) is 5.91 Å². The molecule has 2 heterocycles. The fourth-order valence-corrected chi connectivity index (χ4v) is 8.92. The molecule has 2 rings (SSSR count). The highest BCUT2D eigenvalue weighted by Crippen LogP contribution is 2.30. The molecule has 2 saturated heterocycles. The number of hydrogen-bond donors (Lipinski definition) is 9. The first-order valence-electron chi connectivity index (χ1n) is 30.4. The van der Waals surface area contributed by atoms with Crippen LogP contribution in [0.3, 0.4) is 0 Å². The highest BCUT2D eigenvalue weighted by Gasteiger charge is 2.51. The number of nitrogens with one attached hydrogen (secondary N) is 1. The lowest BCUT2D eigenvalue weighted by Crippen LogP contribution is -2.65. The summed E-state index contributed by atoms with van der Waals surface area (Å²) in [5, 5.41) is 87.1. The molecule has 0 aliphatic carbocycles. The van der Waals surface area contributed by atoms with Gasteiger partial charge in [-0.3, -0.25) is 4.79 Å². The molecule has 0 bridgehead atoms. The smallest absolute Gasteiger partial charge is 0.220 e. The Balaban J connectivity index is 1.78. The third kappa shape index (κ3) is 34.5. The Morgan fingerprint density at radius 2 is 0.875 bits per heavy atom. The van der Waals surface area contributed by atoms with Crippen molar-refractivity contribution in [3.05, 3.63) is 134 Å². The van der Waals surface area contributed by atoms with Crippen LogP contribution in [0, 0.1) is 0 Å². The molecule has 0 saturated carbocycles. The fourth-order valence-electron chi connectivity index (χ4n) is 8.92. The number of carbonyl (C=O) groups is 1. The molecule has 0 spiro atoms. The minimum absolute atomic E-state index is 0.230. The third-order valence-corrected chi connectivity index (χ3v) is 13.8. The molecule has 9 N–H and O–H groups in total. The van der Waals surface area contributed by atoms with E-state index in [4.69, 9.17) is 18.9 Å². The van der Waals surface area contributed by atoms with E-state index in [-0.39, 0.29) is 18.9 Å². The summed E-state index contributed by atoms with van der Waals surface area (Å²) < 4.78 is 22.7. The third-order valence-electron chi connectivity index (χ3n) is 13.8. The summed E-state index contributed by atoms with van der Waals surface area (Å²) in [5.41, 5.74) is 0. The number of carbonyl (C=O) groups excluding carboxylic acids is 1. The zero-order valence-electron chi connectivity index (χ0n) is 48.8. The van der Waals surface area contributed by atoms with Crippen LogP contribution >= 0.6 is 0 Å². The maximum absolute atomic E-state index is 13.3. The van der Waals surface area contributed by atoms with Gasteiger partial charge in [-0.05, 0) is 109 Å². The lowest BCUT2D eigenvalue weighted by atomic mass is 9.97. The molecule has 0 aromatic rings. The largest absolute Gasteiger partial charge is 0.394 e. The van der Waals surface area contributed by atoms with Gasteiger partial charge in [0.05, 0.1) is 32.0 Å². The molecule has 2 aliphatic rings. The number of allylic oxidation sites excluding steroid dienone is 21. The first kappa shape index (κ1) is 72.2. The van der Waals surface area contributed by atoms with Gasteiger partial charge in [0.1, 0.15) is 48.8 Å². The van der Waals surface area contributed by atoms with E-state index in [2.05, 4.69) is 141 Å². The fraction of sp³-hybridized carbons (Fsp3) is 0.652. The number of unbranched alkanes of at least 4 members (excludes halogenated alkanes) is 13. The molecule has 454 valence electrons. The van der Waals surface area contributed by atoms with Gasteiger partial charge in [0, 0.05) is 6.42 Å². The van der Waals surface area contributed by atoms with Gasteiger partial charge >= 0.3 is 0 Å². The van der Waals surface area contributed by atoms with Crippen LogP contribution in [0.5, 0.6) is 0 Å². The zero-order chi connectivity index (χ0) is 58.1. The zero-order valence-corrected chi connectivity index (χ0v) is 48.8. The first-order valence-corrected chi connectivity index (χ1v) is 30.4. The molecule has 0 radical (unpaired) electrons. The maximum Gasteiger partial charge on any atom is 0.220 e. The van der Waals surface area contributed by atoms with Gasteiger partial charge in [-0.25, -0.2) is 0 Å². The van der Waals surface area contributed by atoms with Crippen molar-refractivity contribution in [1.82, 2.24) is 5.32 Å². The Labute approximate surface area is 481 Å². The topological polar surface area (TPSA) is 228 Å². The molecule has 2 fully saturated rings. The van der Waals surface area contributed by atoms with Crippen LogP contribution in [0.4, 0.5) is 0 Å². The number of rotatable bonds is 46. The van der Waals surface area contributed by atoms with Gasteiger partial charge in [0.15, 0.2) is 12.6 Å². The summed E-state index contributed by atoms with van der Waals surface area (Å²) >= 11 is 0. The Hall–Kier alpha value is -3.87. The number of ether oxygens (including phenoxy) is 4. The molecule has 2 aliphatic heterocycles. The first-order chi connectivity index (χ1) is 39.1. The Bertz CT molecular complexity index is 1850. The molecule has 0 aromatic heterocycles. The van der Waals surface area contributed by atoms with Crippen molar-refractivity contribution in [3.8, 4) is 0 Å². The van der Waals surface area contributed by atoms with Gasteiger partial charge in [0.25, 0.3) is 0 Å². The van der Waals surface area contributed by atoms with Crippen molar-refractivity contribution in [1.29, 1.82) is 0 Å². The highest BCUT2D eigenvalue weighted by atomic mass is 16.7. The summed E-state index contributed by atoms with van der Waals surface area (Å²) in [7, 11) is 0. The van der Waals surface area contributed by atoms with Crippen molar-refractivity contribution in [3.63, 3.8) is 0 Å². The van der Waals surface area contributed by atoms with Gasteiger partial charge in [-0.15, -0.1) is 0 Å². The van der Waals surface area contributed by atoms with E-state index in [1.165, 1.54) is 44.9 Å². The van der Waals surface area contributed by atoms with Crippen LogP contribution in [-0.2, 0) is 23.7 Å². The Morgan fingerprint density at radius 1 is 0.463 bits per heavy atom. The number of amides is 1. The van der Waals surface area contributed by atoms with Crippen LogP contribution in [0.25, 0.3) is 0 Å². The van der Waals surface area contributed by atoms with Crippen LogP contribution in [-0.4, -0.2) is 140 Å². The van der Waals surface area contributed by atoms with Gasteiger partial charge < -0.3 is 65.1 Å². The van der Waals surface area contributed by atoms with Crippen molar-refractivity contribution in [2.45, 2.75) is 254 Å². The van der Waals surface area contributed by atoms with E-state index in [1.807, 2.05) is 6.08 Å². The molecule has 14 heteroatoms. The molecule has 14 nitrogen and oxygen atoms in total. The summed E-state index contributed by atoms with van der Waals surface area (Å²) in [6, 6.07) is -0.962. The second-order valence-electron chi connectivity index (χ2n) is 20.7. The van der Waals surface area contributed by atoms with E-state index in [0.29, 0.717) is 12.8 Å².